The summed E-state index contributed by atoms with van der Waals surface area (Å²) in [5.74, 6) is 0.488. The van der Waals surface area contributed by atoms with Gasteiger partial charge in [-0.3, -0.25) is 0 Å². The van der Waals surface area contributed by atoms with Crippen molar-refractivity contribution in [2.75, 3.05) is 37.7 Å². The zero-order valence-corrected chi connectivity index (χ0v) is 15.7. The molecule has 6 nitrogen and oxygen atoms in total. The van der Waals surface area contributed by atoms with E-state index >= 15 is 0 Å². The minimum atomic E-state index is -3.54. The van der Waals surface area contributed by atoms with Crippen molar-refractivity contribution in [3.63, 3.8) is 0 Å². The van der Waals surface area contributed by atoms with Crippen LogP contribution in [0.2, 0.25) is 0 Å². The summed E-state index contributed by atoms with van der Waals surface area (Å²) in [5, 5.41) is 0. The van der Waals surface area contributed by atoms with Crippen LogP contribution < -0.4 is 4.90 Å². The lowest BCUT2D eigenvalue weighted by molar-refractivity contribution is 0.0730. The molecule has 8 heteroatoms. The van der Waals surface area contributed by atoms with E-state index in [2.05, 4.69) is 9.88 Å². The Labute approximate surface area is 158 Å². The highest BCUT2D eigenvalue weighted by atomic mass is 32.2. The molecule has 2 aliphatic heterocycles. The molecule has 1 atom stereocenters. The number of pyridine rings is 1. The quantitative estimate of drug-likeness (QED) is 0.802. The van der Waals surface area contributed by atoms with E-state index in [1.54, 1.807) is 24.3 Å². The Kier molecular flexibility index (Phi) is 5.12. The molecule has 0 N–H and O–H groups in total. The highest BCUT2D eigenvalue weighted by molar-refractivity contribution is 7.89. The molecule has 144 valence electrons. The lowest BCUT2D eigenvalue weighted by Crippen LogP contribution is -2.40. The second kappa shape index (κ2) is 7.53. The van der Waals surface area contributed by atoms with Crippen molar-refractivity contribution in [2.24, 2.45) is 0 Å². The molecule has 2 aromatic rings. The third-order valence-corrected chi connectivity index (χ3v) is 7.01. The normalized spacial score (nSPS) is 21.5. The lowest BCUT2D eigenvalue weighted by Gasteiger charge is -2.27. The van der Waals surface area contributed by atoms with Crippen molar-refractivity contribution < 1.29 is 17.5 Å². The van der Waals surface area contributed by atoms with Crippen molar-refractivity contribution in [1.29, 1.82) is 0 Å². The van der Waals surface area contributed by atoms with E-state index in [1.165, 1.54) is 22.6 Å². The number of benzene rings is 1. The predicted octanol–water partition coefficient (Wildman–Crippen LogP) is 2.58. The molecular weight excluding hydrogens is 369 g/mol. The van der Waals surface area contributed by atoms with E-state index in [9.17, 15) is 12.8 Å². The number of rotatable bonds is 4. The fraction of sp³-hybridized carbons (Fsp3) is 0.421. The molecule has 27 heavy (non-hydrogen) atoms. The fourth-order valence-electron chi connectivity index (χ4n) is 3.70. The van der Waals surface area contributed by atoms with Crippen LogP contribution in [0.4, 0.5) is 10.2 Å². The zero-order chi connectivity index (χ0) is 18.9. The highest BCUT2D eigenvalue weighted by Crippen LogP contribution is 2.35. The average Bonchev–Trinajstić information content (AvgIpc) is 3.19. The van der Waals surface area contributed by atoms with Crippen LogP contribution in [0, 0.1) is 5.82 Å². The highest BCUT2D eigenvalue weighted by Gasteiger charge is 2.29. The number of halogens is 1. The first-order valence-electron chi connectivity index (χ1n) is 9.12. The molecule has 1 unspecified atom stereocenters. The van der Waals surface area contributed by atoms with Gasteiger partial charge >= 0.3 is 0 Å². The van der Waals surface area contributed by atoms with Gasteiger partial charge < -0.3 is 9.64 Å². The van der Waals surface area contributed by atoms with E-state index in [0.717, 1.165) is 30.8 Å². The van der Waals surface area contributed by atoms with E-state index in [1.807, 2.05) is 0 Å². The molecule has 4 rings (SSSR count). The van der Waals surface area contributed by atoms with Crippen molar-refractivity contribution in [3.05, 3.63) is 54.0 Å². The predicted molar refractivity (Wildman–Crippen MR) is 99.5 cm³/mol. The third-order valence-electron chi connectivity index (χ3n) is 5.13. The summed E-state index contributed by atoms with van der Waals surface area (Å²) in [6.45, 7) is 2.39. The topological polar surface area (TPSA) is 62.7 Å². The van der Waals surface area contributed by atoms with Gasteiger partial charge in [-0.2, -0.15) is 4.31 Å². The number of hydrogen-bond donors (Lipinski definition) is 0. The number of morpholine rings is 1. The van der Waals surface area contributed by atoms with Gasteiger partial charge in [0.15, 0.2) is 0 Å². The molecule has 0 radical (unpaired) electrons. The summed E-state index contributed by atoms with van der Waals surface area (Å²) in [6.07, 6.45) is 3.40. The van der Waals surface area contributed by atoms with Crippen LogP contribution in [0.25, 0.3) is 0 Å². The molecule has 2 fully saturated rings. The van der Waals surface area contributed by atoms with Gasteiger partial charge in [-0.05, 0) is 42.7 Å². The molecule has 0 saturated carbocycles. The number of anilines is 1. The van der Waals surface area contributed by atoms with E-state index in [-0.39, 0.29) is 16.8 Å². The standard InChI is InChI=1S/C19H22FN3O3S/c20-16-5-3-15(4-6-16)18-2-1-9-23(18)19-8-7-17(14-21-19)27(24,25)22-10-12-26-13-11-22/h3-8,14,18H,1-2,9-13H2. The number of ether oxygens (including phenoxy) is 1. The third kappa shape index (κ3) is 3.69. The van der Waals surface area contributed by atoms with Crippen LogP contribution in [-0.2, 0) is 14.8 Å². The van der Waals surface area contributed by atoms with Gasteiger partial charge in [-0.15, -0.1) is 0 Å². The maximum absolute atomic E-state index is 13.2. The van der Waals surface area contributed by atoms with E-state index < -0.39 is 10.0 Å². The Balaban J connectivity index is 1.55. The Morgan fingerprint density at radius 3 is 2.44 bits per heavy atom. The summed E-state index contributed by atoms with van der Waals surface area (Å²) in [4.78, 5) is 6.78. The van der Waals surface area contributed by atoms with Gasteiger partial charge in [0, 0.05) is 25.8 Å². The second-order valence-corrected chi connectivity index (χ2v) is 8.71. The molecule has 1 aromatic carbocycles. The Bertz CT molecular complexity index is 881. The second-order valence-electron chi connectivity index (χ2n) is 6.77. The van der Waals surface area contributed by atoms with Gasteiger partial charge in [-0.1, -0.05) is 12.1 Å². The summed E-state index contributed by atoms with van der Waals surface area (Å²) < 4.78 is 45.3. The van der Waals surface area contributed by atoms with Gasteiger partial charge in [-0.25, -0.2) is 17.8 Å². The number of hydrogen-bond acceptors (Lipinski definition) is 5. The van der Waals surface area contributed by atoms with Crippen LogP contribution in [0.3, 0.4) is 0 Å². The molecule has 1 aromatic heterocycles. The number of aromatic nitrogens is 1. The molecule has 3 heterocycles. The lowest BCUT2D eigenvalue weighted by atomic mass is 10.0. The summed E-state index contributed by atoms with van der Waals surface area (Å²) in [5.41, 5.74) is 1.04. The Morgan fingerprint density at radius 1 is 1.04 bits per heavy atom. The summed E-state index contributed by atoms with van der Waals surface area (Å²) in [7, 11) is -3.54. The fourth-order valence-corrected chi connectivity index (χ4v) is 5.06. The van der Waals surface area contributed by atoms with Crippen LogP contribution >= 0.6 is 0 Å². The average molecular weight is 391 g/mol. The minimum Gasteiger partial charge on any atom is -0.379 e. The Hall–Kier alpha value is -2.03. The SMILES string of the molecule is O=S(=O)(c1ccc(N2CCCC2c2ccc(F)cc2)nc1)N1CCOCC1. The minimum absolute atomic E-state index is 0.125. The maximum atomic E-state index is 13.2. The van der Waals surface area contributed by atoms with Gasteiger partial charge in [0.25, 0.3) is 0 Å². The van der Waals surface area contributed by atoms with Crippen molar-refractivity contribution >= 4 is 15.8 Å². The number of nitrogens with zero attached hydrogens (tertiary/aromatic N) is 3. The summed E-state index contributed by atoms with van der Waals surface area (Å²) >= 11 is 0. The maximum Gasteiger partial charge on any atom is 0.244 e. The van der Waals surface area contributed by atoms with Crippen LogP contribution in [-0.4, -0.2) is 50.6 Å². The van der Waals surface area contributed by atoms with Crippen LogP contribution in [0.1, 0.15) is 24.4 Å². The zero-order valence-electron chi connectivity index (χ0n) is 14.9. The van der Waals surface area contributed by atoms with Gasteiger partial charge in [0.2, 0.25) is 10.0 Å². The van der Waals surface area contributed by atoms with Crippen molar-refractivity contribution in [2.45, 2.75) is 23.8 Å². The summed E-state index contributed by atoms with van der Waals surface area (Å²) in [6, 6.07) is 10.0. The van der Waals surface area contributed by atoms with E-state index in [0.29, 0.717) is 26.3 Å². The molecule has 2 aliphatic rings. The monoisotopic (exact) mass is 391 g/mol. The molecule has 2 saturated heterocycles. The van der Waals surface area contributed by atoms with Crippen molar-refractivity contribution in [1.82, 2.24) is 9.29 Å². The first kappa shape index (κ1) is 18.3. The first-order chi connectivity index (χ1) is 13.1. The Morgan fingerprint density at radius 2 is 1.78 bits per heavy atom. The van der Waals surface area contributed by atoms with Crippen molar-refractivity contribution in [3.8, 4) is 0 Å². The molecule has 0 spiro atoms. The molecule has 0 bridgehead atoms. The smallest absolute Gasteiger partial charge is 0.244 e. The molecule has 0 aliphatic carbocycles. The molecule has 0 amide bonds. The molecular formula is C19H22FN3O3S. The van der Waals surface area contributed by atoms with Crippen LogP contribution in [0.5, 0.6) is 0 Å². The van der Waals surface area contributed by atoms with Gasteiger partial charge in [0.1, 0.15) is 16.5 Å². The largest absolute Gasteiger partial charge is 0.379 e. The van der Waals surface area contributed by atoms with Gasteiger partial charge in [0.05, 0.1) is 19.3 Å². The first-order valence-corrected chi connectivity index (χ1v) is 10.6. The van der Waals surface area contributed by atoms with E-state index in [4.69, 9.17) is 4.74 Å². The van der Waals surface area contributed by atoms with Crippen LogP contribution in [0.15, 0.2) is 47.5 Å². The number of sulfonamides is 1.